The van der Waals surface area contributed by atoms with E-state index in [-0.39, 0.29) is 5.82 Å². The first-order valence-electron chi connectivity index (χ1n) is 4.46. The molecular formula is C11H12FN. The second-order valence-electron chi connectivity index (χ2n) is 3.25. The number of benzene rings is 1. The monoisotopic (exact) mass is 177 g/mol. The molecule has 13 heavy (non-hydrogen) atoms. The molecule has 68 valence electrons. The lowest BCUT2D eigenvalue weighted by Gasteiger charge is -1.96. The van der Waals surface area contributed by atoms with E-state index in [1.165, 1.54) is 11.6 Å². The second kappa shape index (κ2) is 2.87. The zero-order chi connectivity index (χ0) is 9.42. The number of hydrogen-bond donors (Lipinski definition) is 0. The lowest BCUT2D eigenvalue weighted by molar-refractivity contribution is 0.632. The molecule has 2 heteroatoms. The summed E-state index contributed by atoms with van der Waals surface area (Å²) in [5, 5.41) is 1.03. The van der Waals surface area contributed by atoms with Gasteiger partial charge in [-0.3, -0.25) is 0 Å². The van der Waals surface area contributed by atoms with Gasteiger partial charge in [-0.1, -0.05) is 19.1 Å². The highest BCUT2D eigenvalue weighted by Crippen LogP contribution is 2.23. The van der Waals surface area contributed by atoms with Gasteiger partial charge in [-0.2, -0.15) is 0 Å². The normalized spacial score (nSPS) is 11.0. The largest absolute Gasteiger partial charge is 0.348 e. The Morgan fingerprint density at radius 2 is 2.15 bits per heavy atom. The molecule has 2 aromatic rings. The van der Waals surface area contributed by atoms with E-state index in [0.29, 0.717) is 5.52 Å². The van der Waals surface area contributed by atoms with Gasteiger partial charge in [0.1, 0.15) is 5.82 Å². The molecule has 0 bridgehead atoms. The Morgan fingerprint density at radius 1 is 1.38 bits per heavy atom. The number of aromatic nitrogens is 1. The Bertz CT molecular complexity index is 443. The highest BCUT2D eigenvalue weighted by atomic mass is 19.1. The van der Waals surface area contributed by atoms with Crippen LogP contribution in [0.3, 0.4) is 0 Å². The third-order valence-corrected chi connectivity index (χ3v) is 2.42. The Balaban J connectivity index is 2.87. The Kier molecular flexibility index (Phi) is 1.83. The second-order valence-corrected chi connectivity index (χ2v) is 3.25. The highest BCUT2D eigenvalue weighted by molar-refractivity contribution is 5.84. The van der Waals surface area contributed by atoms with Crippen molar-refractivity contribution >= 4 is 10.9 Å². The van der Waals surface area contributed by atoms with Crippen molar-refractivity contribution in [2.45, 2.75) is 13.3 Å². The number of aryl methyl sites for hydroxylation is 2. The maximum Gasteiger partial charge on any atom is 0.147 e. The van der Waals surface area contributed by atoms with E-state index in [2.05, 4.69) is 6.92 Å². The Hall–Kier alpha value is -1.31. The van der Waals surface area contributed by atoms with Crippen LogP contribution in [0.5, 0.6) is 0 Å². The third kappa shape index (κ3) is 1.13. The molecule has 1 aromatic heterocycles. The van der Waals surface area contributed by atoms with Gasteiger partial charge in [-0.25, -0.2) is 4.39 Å². The first-order valence-corrected chi connectivity index (χ1v) is 4.46. The maximum absolute atomic E-state index is 13.4. The Morgan fingerprint density at radius 3 is 2.85 bits per heavy atom. The molecule has 0 spiro atoms. The van der Waals surface area contributed by atoms with Crippen molar-refractivity contribution in [1.29, 1.82) is 0 Å². The predicted octanol–water partition coefficient (Wildman–Crippen LogP) is 2.88. The fraction of sp³-hybridized carbons (Fsp3) is 0.273. The number of hydrogen-bond acceptors (Lipinski definition) is 0. The van der Waals surface area contributed by atoms with Gasteiger partial charge in [0.05, 0.1) is 5.52 Å². The molecule has 1 heterocycles. The smallest absolute Gasteiger partial charge is 0.147 e. The molecule has 0 aliphatic carbocycles. The molecular weight excluding hydrogens is 165 g/mol. The van der Waals surface area contributed by atoms with Crippen LogP contribution < -0.4 is 0 Å². The van der Waals surface area contributed by atoms with Crippen LogP contribution in [0.2, 0.25) is 0 Å². The minimum atomic E-state index is -0.139. The quantitative estimate of drug-likeness (QED) is 0.631. The molecule has 1 aromatic carbocycles. The van der Waals surface area contributed by atoms with Crippen LogP contribution in [-0.4, -0.2) is 4.57 Å². The van der Waals surface area contributed by atoms with Gasteiger partial charge in [0.2, 0.25) is 0 Å². The Labute approximate surface area is 76.8 Å². The molecule has 2 rings (SSSR count). The molecule has 0 saturated heterocycles. The average Bonchev–Trinajstić information content (AvgIpc) is 2.44. The number of halogens is 1. The summed E-state index contributed by atoms with van der Waals surface area (Å²) in [5.74, 6) is -0.139. The topological polar surface area (TPSA) is 4.93 Å². The van der Waals surface area contributed by atoms with Crippen LogP contribution in [0.15, 0.2) is 24.4 Å². The first-order chi connectivity index (χ1) is 6.24. The van der Waals surface area contributed by atoms with Crippen LogP contribution in [0.1, 0.15) is 12.5 Å². The van der Waals surface area contributed by atoms with Crippen molar-refractivity contribution in [3.05, 3.63) is 35.8 Å². The van der Waals surface area contributed by atoms with Crippen molar-refractivity contribution in [1.82, 2.24) is 4.57 Å². The van der Waals surface area contributed by atoms with Crippen LogP contribution in [-0.2, 0) is 13.5 Å². The zero-order valence-corrected chi connectivity index (χ0v) is 7.84. The first kappa shape index (κ1) is 8.30. The van der Waals surface area contributed by atoms with E-state index in [1.54, 1.807) is 6.07 Å². The molecule has 0 N–H and O–H groups in total. The molecule has 0 amide bonds. The third-order valence-electron chi connectivity index (χ3n) is 2.42. The number of nitrogens with zero attached hydrogens (tertiary/aromatic N) is 1. The van der Waals surface area contributed by atoms with E-state index in [9.17, 15) is 4.39 Å². The zero-order valence-electron chi connectivity index (χ0n) is 7.84. The summed E-state index contributed by atoms with van der Waals surface area (Å²) in [6.45, 7) is 2.08. The van der Waals surface area contributed by atoms with Gasteiger partial charge < -0.3 is 4.57 Å². The number of rotatable bonds is 1. The summed E-state index contributed by atoms with van der Waals surface area (Å²) in [6, 6.07) is 5.23. The summed E-state index contributed by atoms with van der Waals surface area (Å²) in [6.07, 6.45) is 2.94. The molecule has 0 aliphatic heterocycles. The summed E-state index contributed by atoms with van der Waals surface area (Å²) >= 11 is 0. The van der Waals surface area contributed by atoms with Crippen LogP contribution in [0.25, 0.3) is 10.9 Å². The van der Waals surface area contributed by atoms with Gasteiger partial charge in [0, 0.05) is 18.6 Å². The van der Waals surface area contributed by atoms with Gasteiger partial charge in [0.25, 0.3) is 0 Å². The standard InChI is InChI=1S/C11H12FN/c1-3-8-7-13(2)11-9(8)5-4-6-10(11)12/h4-7H,3H2,1-2H3. The summed E-state index contributed by atoms with van der Waals surface area (Å²) < 4.78 is 15.2. The van der Waals surface area contributed by atoms with Crippen LogP contribution in [0.4, 0.5) is 4.39 Å². The summed E-state index contributed by atoms with van der Waals surface area (Å²) in [4.78, 5) is 0. The van der Waals surface area contributed by atoms with Crippen molar-refractivity contribution in [2.75, 3.05) is 0 Å². The fourth-order valence-corrected chi connectivity index (χ4v) is 1.78. The van der Waals surface area contributed by atoms with E-state index in [1.807, 2.05) is 23.9 Å². The van der Waals surface area contributed by atoms with E-state index in [4.69, 9.17) is 0 Å². The highest BCUT2D eigenvalue weighted by Gasteiger charge is 2.07. The molecule has 1 nitrogen and oxygen atoms in total. The SMILES string of the molecule is CCc1cn(C)c2c(F)cccc12. The minimum Gasteiger partial charge on any atom is -0.348 e. The van der Waals surface area contributed by atoms with Crippen LogP contribution in [0, 0.1) is 5.82 Å². The van der Waals surface area contributed by atoms with Gasteiger partial charge in [-0.05, 0) is 18.1 Å². The molecule has 0 radical (unpaired) electrons. The fourth-order valence-electron chi connectivity index (χ4n) is 1.78. The van der Waals surface area contributed by atoms with Crippen molar-refractivity contribution < 1.29 is 4.39 Å². The van der Waals surface area contributed by atoms with E-state index >= 15 is 0 Å². The average molecular weight is 177 g/mol. The number of para-hydroxylation sites is 1. The van der Waals surface area contributed by atoms with Gasteiger partial charge in [-0.15, -0.1) is 0 Å². The van der Waals surface area contributed by atoms with Gasteiger partial charge in [0.15, 0.2) is 0 Å². The van der Waals surface area contributed by atoms with Crippen molar-refractivity contribution in [3.8, 4) is 0 Å². The molecule has 0 saturated carbocycles. The molecule has 0 fully saturated rings. The predicted molar refractivity (Wildman–Crippen MR) is 52.3 cm³/mol. The van der Waals surface area contributed by atoms with Crippen LogP contribution >= 0.6 is 0 Å². The molecule has 0 aliphatic rings. The van der Waals surface area contributed by atoms with Crippen molar-refractivity contribution in [2.24, 2.45) is 7.05 Å². The number of fused-ring (bicyclic) bond motifs is 1. The maximum atomic E-state index is 13.4. The summed E-state index contributed by atoms with van der Waals surface area (Å²) in [7, 11) is 1.88. The van der Waals surface area contributed by atoms with Gasteiger partial charge >= 0.3 is 0 Å². The lowest BCUT2D eigenvalue weighted by Crippen LogP contribution is -1.86. The van der Waals surface area contributed by atoms with E-state index < -0.39 is 0 Å². The van der Waals surface area contributed by atoms with Crippen molar-refractivity contribution in [3.63, 3.8) is 0 Å². The molecule has 0 atom stereocenters. The molecule has 0 unspecified atom stereocenters. The summed E-state index contributed by atoms with van der Waals surface area (Å²) in [5.41, 5.74) is 1.91. The lowest BCUT2D eigenvalue weighted by atomic mass is 10.1. The minimum absolute atomic E-state index is 0.139. The van der Waals surface area contributed by atoms with E-state index in [0.717, 1.165) is 11.8 Å².